The fraction of sp³-hybridized carbons (Fsp3) is 0.941. The topological polar surface area (TPSA) is 67.4 Å². The van der Waals surface area contributed by atoms with Crippen LogP contribution in [-0.4, -0.2) is 117 Å². The van der Waals surface area contributed by atoms with Crippen LogP contribution >= 0.6 is 0 Å². The van der Waals surface area contributed by atoms with Crippen LogP contribution < -0.4 is 0 Å². The molecule has 1 amide bonds. The third-order valence-corrected chi connectivity index (χ3v) is 7.80. The number of likely N-dealkylation sites (tertiary alicyclic amines) is 1. The van der Waals surface area contributed by atoms with E-state index < -0.39 is 10.2 Å². The molecular formula is C17H33N5O3S. The number of amides is 1. The van der Waals surface area contributed by atoms with E-state index in [-0.39, 0.29) is 5.91 Å². The molecule has 3 fully saturated rings. The molecule has 0 unspecified atom stereocenters. The number of piperazine rings is 2. The zero-order valence-corrected chi connectivity index (χ0v) is 16.8. The zero-order valence-electron chi connectivity index (χ0n) is 16.0. The molecule has 3 rings (SSSR count). The summed E-state index contributed by atoms with van der Waals surface area (Å²) in [4.78, 5) is 18.8. The first-order chi connectivity index (χ1) is 12.5. The standard InChI is InChI=1S/C17H33N5O3S/c1-18-8-12-21(13-9-18)26(24,25)22-14-10-20(11-15-22)17(23)16-19-6-4-2-3-5-7-19/h2-16H2,1H3. The number of nitrogens with zero attached hydrogens (tertiary/aromatic N) is 5. The van der Waals surface area contributed by atoms with Crippen molar-refractivity contribution in [2.45, 2.75) is 25.7 Å². The van der Waals surface area contributed by atoms with E-state index in [4.69, 9.17) is 0 Å². The van der Waals surface area contributed by atoms with E-state index in [0.29, 0.717) is 45.8 Å². The fourth-order valence-corrected chi connectivity index (χ4v) is 5.51. The predicted octanol–water partition coefficient (Wildman–Crippen LogP) is -0.501. The Morgan fingerprint density at radius 1 is 0.731 bits per heavy atom. The zero-order chi connectivity index (χ0) is 18.6. The van der Waals surface area contributed by atoms with Gasteiger partial charge < -0.3 is 9.80 Å². The second-order valence-corrected chi connectivity index (χ2v) is 9.61. The molecule has 3 aliphatic rings. The molecule has 3 aliphatic heterocycles. The molecule has 0 spiro atoms. The smallest absolute Gasteiger partial charge is 0.282 e. The number of carbonyl (C=O) groups excluding carboxylic acids is 1. The summed E-state index contributed by atoms with van der Waals surface area (Å²) in [7, 11) is -1.39. The van der Waals surface area contributed by atoms with E-state index in [1.54, 1.807) is 8.61 Å². The molecule has 3 saturated heterocycles. The summed E-state index contributed by atoms with van der Waals surface area (Å²) in [5, 5.41) is 0. The van der Waals surface area contributed by atoms with Crippen molar-refractivity contribution in [3.05, 3.63) is 0 Å². The molecule has 8 nitrogen and oxygen atoms in total. The van der Waals surface area contributed by atoms with Crippen molar-refractivity contribution in [1.82, 2.24) is 23.3 Å². The van der Waals surface area contributed by atoms with Crippen LogP contribution in [0.1, 0.15) is 25.7 Å². The summed E-state index contributed by atoms with van der Waals surface area (Å²) in [5.41, 5.74) is 0. The first-order valence-corrected chi connectivity index (χ1v) is 11.3. The van der Waals surface area contributed by atoms with E-state index in [0.717, 1.165) is 26.2 Å². The molecule has 0 N–H and O–H groups in total. The van der Waals surface area contributed by atoms with Gasteiger partial charge in [-0.05, 0) is 33.0 Å². The fourth-order valence-electron chi connectivity index (χ4n) is 3.94. The maximum absolute atomic E-state index is 12.8. The highest BCUT2D eigenvalue weighted by Gasteiger charge is 2.34. The molecule has 9 heteroatoms. The molecule has 0 aliphatic carbocycles. The van der Waals surface area contributed by atoms with Crippen molar-refractivity contribution in [2.75, 3.05) is 79.0 Å². The third-order valence-electron chi connectivity index (χ3n) is 5.76. The van der Waals surface area contributed by atoms with Crippen molar-refractivity contribution in [3.63, 3.8) is 0 Å². The maximum Gasteiger partial charge on any atom is 0.282 e. The quantitative estimate of drug-likeness (QED) is 0.651. The van der Waals surface area contributed by atoms with Gasteiger partial charge in [-0.15, -0.1) is 0 Å². The van der Waals surface area contributed by atoms with E-state index in [2.05, 4.69) is 9.80 Å². The number of carbonyl (C=O) groups is 1. The summed E-state index contributed by atoms with van der Waals surface area (Å²) < 4.78 is 28.7. The van der Waals surface area contributed by atoms with Crippen LogP contribution in [0.5, 0.6) is 0 Å². The molecule has 0 aromatic rings. The number of rotatable bonds is 4. The summed E-state index contributed by atoms with van der Waals surface area (Å²) in [5.74, 6) is 0.142. The molecule has 0 aromatic carbocycles. The van der Waals surface area contributed by atoms with Crippen molar-refractivity contribution in [2.24, 2.45) is 0 Å². The first-order valence-electron chi connectivity index (χ1n) is 9.91. The Labute approximate surface area is 157 Å². The summed E-state index contributed by atoms with van der Waals surface area (Å²) >= 11 is 0. The van der Waals surface area contributed by atoms with Crippen LogP contribution in [0, 0.1) is 0 Å². The van der Waals surface area contributed by atoms with Crippen molar-refractivity contribution in [1.29, 1.82) is 0 Å². The number of hydrogen-bond donors (Lipinski definition) is 0. The van der Waals surface area contributed by atoms with Gasteiger partial charge in [0.25, 0.3) is 10.2 Å². The maximum atomic E-state index is 12.8. The molecule has 0 bridgehead atoms. The van der Waals surface area contributed by atoms with Crippen molar-refractivity contribution < 1.29 is 13.2 Å². The second-order valence-electron chi connectivity index (χ2n) is 7.68. The lowest BCUT2D eigenvalue weighted by Gasteiger charge is -2.39. The largest absolute Gasteiger partial charge is 0.339 e. The van der Waals surface area contributed by atoms with Crippen molar-refractivity contribution >= 4 is 16.1 Å². The molecule has 0 radical (unpaired) electrons. The summed E-state index contributed by atoms with van der Waals surface area (Å²) in [6, 6.07) is 0. The Kier molecular flexibility index (Phi) is 6.90. The van der Waals surface area contributed by atoms with Crippen LogP contribution in [0.4, 0.5) is 0 Å². The lowest BCUT2D eigenvalue weighted by Crippen LogP contribution is -2.57. The highest BCUT2D eigenvalue weighted by atomic mass is 32.2. The highest BCUT2D eigenvalue weighted by Crippen LogP contribution is 2.15. The minimum absolute atomic E-state index is 0.142. The van der Waals surface area contributed by atoms with Gasteiger partial charge >= 0.3 is 0 Å². The van der Waals surface area contributed by atoms with Crippen LogP contribution in [0.25, 0.3) is 0 Å². The van der Waals surface area contributed by atoms with Gasteiger partial charge in [0, 0.05) is 52.4 Å². The predicted molar refractivity (Wildman–Crippen MR) is 101 cm³/mol. The van der Waals surface area contributed by atoms with Gasteiger partial charge in [-0.25, -0.2) is 0 Å². The molecule has 0 aromatic heterocycles. The monoisotopic (exact) mass is 387 g/mol. The molecule has 150 valence electrons. The molecule has 0 atom stereocenters. The first kappa shape index (κ1) is 20.0. The minimum Gasteiger partial charge on any atom is -0.339 e. The Bertz CT molecular complexity index is 561. The average Bonchev–Trinajstić information content (AvgIpc) is 2.91. The van der Waals surface area contributed by atoms with Crippen LogP contribution in [0.15, 0.2) is 0 Å². The van der Waals surface area contributed by atoms with Crippen LogP contribution in [0.3, 0.4) is 0 Å². The average molecular weight is 388 g/mol. The van der Waals surface area contributed by atoms with E-state index >= 15 is 0 Å². The lowest BCUT2D eigenvalue weighted by atomic mass is 10.2. The minimum atomic E-state index is -3.40. The normalized spacial score (nSPS) is 26.0. The second kappa shape index (κ2) is 8.97. The Morgan fingerprint density at radius 2 is 1.23 bits per heavy atom. The number of likely N-dealkylation sites (N-methyl/N-ethyl adjacent to an activating group) is 1. The Hall–Kier alpha value is -0.740. The van der Waals surface area contributed by atoms with Gasteiger partial charge in [0.2, 0.25) is 5.91 Å². The molecule has 26 heavy (non-hydrogen) atoms. The van der Waals surface area contributed by atoms with Crippen LogP contribution in [0.2, 0.25) is 0 Å². The van der Waals surface area contributed by atoms with Gasteiger partial charge in [0.1, 0.15) is 0 Å². The highest BCUT2D eigenvalue weighted by molar-refractivity contribution is 7.86. The van der Waals surface area contributed by atoms with Gasteiger partial charge in [-0.3, -0.25) is 9.69 Å². The van der Waals surface area contributed by atoms with Crippen molar-refractivity contribution in [3.8, 4) is 0 Å². The third kappa shape index (κ3) is 4.95. The van der Waals surface area contributed by atoms with Gasteiger partial charge in [-0.1, -0.05) is 12.8 Å². The Balaban J connectivity index is 1.48. The van der Waals surface area contributed by atoms with Crippen LogP contribution in [-0.2, 0) is 15.0 Å². The van der Waals surface area contributed by atoms with Gasteiger partial charge in [0.15, 0.2) is 0 Å². The summed E-state index contributed by atoms with van der Waals surface area (Å²) in [6.45, 7) is 6.93. The van der Waals surface area contributed by atoms with E-state index in [1.165, 1.54) is 25.7 Å². The van der Waals surface area contributed by atoms with E-state index in [1.807, 2.05) is 11.9 Å². The van der Waals surface area contributed by atoms with E-state index in [9.17, 15) is 13.2 Å². The molecule has 3 heterocycles. The SMILES string of the molecule is CN1CCN(S(=O)(=O)N2CCN(C(=O)CN3CCCCCC3)CC2)CC1. The van der Waals surface area contributed by atoms with Gasteiger partial charge in [-0.2, -0.15) is 17.0 Å². The Morgan fingerprint density at radius 3 is 1.77 bits per heavy atom. The number of hydrogen-bond acceptors (Lipinski definition) is 5. The molecular weight excluding hydrogens is 354 g/mol. The molecule has 0 saturated carbocycles. The van der Waals surface area contributed by atoms with Gasteiger partial charge in [0.05, 0.1) is 6.54 Å². The summed E-state index contributed by atoms with van der Waals surface area (Å²) in [6.07, 6.45) is 4.86. The lowest BCUT2D eigenvalue weighted by molar-refractivity contribution is -0.133.